The number of nitrogens with one attached hydrogen (secondary N) is 2. The molecule has 0 spiro atoms. The molecule has 0 bridgehead atoms. The van der Waals surface area contributed by atoms with Crippen LogP contribution in [-0.2, 0) is 4.79 Å². The fourth-order valence-corrected chi connectivity index (χ4v) is 1.76. The van der Waals surface area contributed by atoms with Crippen LogP contribution >= 0.6 is 11.6 Å². The zero-order chi connectivity index (χ0) is 12.8. The van der Waals surface area contributed by atoms with E-state index in [9.17, 15) is 4.79 Å². The third-order valence-corrected chi connectivity index (χ3v) is 3.16. The molecule has 1 aromatic rings. The molecule has 0 aromatic heterocycles. The lowest BCUT2D eigenvalue weighted by Crippen LogP contribution is -2.30. The molecule has 1 unspecified atom stereocenters. The summed E-state index contributed by atoms with van der Waals surface area (Å²) in [6.45, 7) is 4.62. The smallest absolute Gasteiger partial charge is 0.228 e. The topological polar surface area (TPSA) is 41.1 Å². The van der Waals surface area contributed by atoms with Crippen LogP contribution in [0.4, 0.5) is 5.69 Å². The largest absolute Gasteiger partial charge is 0.326 e. The van der Waals surface area contributed by atoms with Crippen molar-refractivity contribution in [3.05, 3.63) is 28.8 Å². The third kappa shape index (κ3) is 4.02. The minimum Gasteiger partial charge on any atom is -0.326 e. The molecule has 1 atom stereocenters. The van der Waals surface area contributed by atoms with E-state index in [-0.39, 0.29) is 11.8 Å². The SMILES string of the molecule is CCC(CNC)C(=O)Nc1ccc(C)c(Cl)c1. The molecule has 0 aliphatic heterocycles. The predicted octanol–water partition coefficient (Wildman–Crippen LogP) is 2.83. The number of carbonyl (C=O) groups excluding carboxylic acids is 1. The van der Waals surface area contributed by atoms with Crippen molar-refractivity contribution in [2.75, 3.05) is 18.9 Å². The van der Waals surface area contributed by atoms with Gasteiger partial charge in [-0.25, -0.2) is 0 Å². The molecular formula is C13H19ClN2O. The van der Waals surface area contributed by atoms with Crippen molar-refractivity contribution in [3.8, 4) is 0 Å². The summed E-state index contributed by atoms with van der Waals surface area (Å²) in [7, 11) is 1.85. The Morgan fingerprint density at radius 3 is 2.71 bits per heavy atom. The molecule has 0 heterocycles. The van der Waals surface area contributed by atoms with E-state index < -0.39 is 0 Å². The molecular weight excluding hydrogens is 236 g/mol. The normalized spacial score (nSPS) is 12.2. The van der Waals surface area contributed by atoms with Gasteiger partial charge in [0.2, 0.25) is 5.91 Å². The van der Waals surface area contributed by atoms with Gasteiger partial charge in [0.1, 0.15) is 0 Å². The van der Waals surface area contributed by atoms with Crippen molar-refractivity contribution in [1.29, 1.82) is 0 Å². The van der Waals surface area contributed by atoms with Crippen molar-refractivity contribution < 1.29 is 4.79 Å². The molecule has 0 aliphatic rings. The van der Waals surface area contributed by atoms with Crippen LogP contribution < -0.4 is 10.6 Å². The van der Waals surface area contributed by atoms with E-state index in [0.717, 1.165) is 17.7 Å². The highest BCUT2D eigenvalue weighted by atomic mass is 35.5. The molecule has 0 saturated carbocycles. The van der Waals surface area contributed by atoms with E-state index in [0.29, 0.717) is 11.6 Å². The second-order valence-electron chi connectivity index (χ2n) is 4.12. The minimum absolute atomic E-state index is 0.0138. The molecule has 1 rings (SSSR count). The predicted molar refractivity (Wildman–Crippen MR) is 72.5 cm³/mol. The summed E-state index contributed by atoms with van der Waals surface area (Å²) in [5.74, 6) is 0.0156. The number of aryl methyl sites for hydroxylation is 1. The highest BCUT2D eigenvalue weighted by Gasteiger charge is 2.15. The van der Waals surface area contributed by atoms with Gasteiger partial charge in [-0.2, -0.15) is 0 Å². The standard InChI is InChI=1S/C13H19ClN2O/c1-4-10(8-15-3)13(17)16-11-6-5-9(2)12(14)7-11/h5-7,10,15H,4,8H2,1-3H3,(H,16,17). The number of rotatable bonds is 5. The van der Waals surface area contributed by atoms with Crippen LogP contribution in [0.1, 0.15) is 18.9 Å². The molecule has 2 N–H and O–H groups in total. The first kappa shape index (κ1) is 14.0. The summed E-state index contributed by atoms with van der Waals surface area (Å²) < 4.78 is 0. The van der Waals surface area contributed by atoms with Crippen molar-refractivity contribution in [1.82, 2.24) is 5.32 Å². The first-order valence-electron chi connectivity index (χ1n) is 5.80. The van der Waals surface area contributed by atoms with Crippen LogP contribution in [-0.4, -0.2) is 19.5 Å². The van der Waals surface area contributed by atoms with E-state index in [2.05, 4.69) is 10.6 Å². The Kier molecular flexibility index (Phi) is 5.45. The molecule has 4 heteroatoms. The lowest BCUT2D eigenvalue weighted by Gasteiger charge is -2.14. The van der Waals surface area contributed by atoms with Crippen LogP contribution in [0.2, 0.25) is 5.02 Å². The quantitative estimate of drug-likeness (QED) is 0.848. The second kappa shape index (κ2) is 6.62. The van der Waals surface area contributed by atoms with Crippen LogP contribution in [0.25, 0.3) is 0 Å². The third-order valence-electron chi connectivity index (χ3n) is 2.75. The van der Waals surface area contributed by atoms with Gasteiger partial charge >= 0.3 is 0 Å². The molecule has 0 aliphatic carbocycles. The number of carbonyl (C=O) groups is 1. The zero-order valence-corrected chi connectivity index (χ0v) is 11.3. The van der Waals surface area contributed by atoms with Crippen LogP contribution in [0.3, 0.4) is 0 Å². The average Bonchev–Trinajstić information content (AvgIpc) is 2.30. The van der Waals surface area contributed by atoms with Gasteiger partial charge in [-0.05, 0) is 38.1 Å². The van der Waals surface area contributed by atoms with Gasteiger partial charge in [-0.15, -0.1) is 0 Å². The van der Waals surface area contributed by atoms with Crippen LogP contribution in [0.5, 0.6) is 0 Å². The molecule has 94 valence electrons. The summed E-state index contributed by atoms with van der Waals surface area (Å²) in [6.07, 6.45) is 0.812. The Hall–Kier alpha value is -1.06. The number of anilines is 1. The summed E-state index contributed by atoms with van der Waals surface area (Å²) in [6, 6.07) is 5.54. The Bertz CT molecular complexity index is 393. The molecule has 17 heavy (non-hydrogen) atoms. The number of hydrogen-bond acceptors (Lipinski definition) is 2. The van der Waals surface area contributed by atoms with Crippen LogP contribution in [0, 0.1) is 12.8 Å². The van der Waals surface area contributed by atoms with E-state index in [1.54, 1.807) is 6.07 Å². The molecule has 1 aromatic carbocycles. The lowest BCUT2D eigenvalue weighted by atomic mass is 10.1. The van der Waals surface area contributed by atoms with Gasteiger partial charge in [0, 0.05) is 17.3 Å². The summed E-state index contributed by atoms with van der Waals surface area (Å²) in [5, 5.41) is 6.57. The van der Waals surface area contributed by atoms with Crippen molar-refractivity contribution in [3.63, 3.8) is 0 Å². The summed E-state index contributed by atoms with van der Waals surface area (Å²) in [5.41, 5.74) is 1.76. The molecule has 3 nitrogen and oxygen atoms in total. The van der Waals surface area contributed by atoms with E-state index in [4.69, 9.17) is 11.6 Å². The first-order valence-corrected chi connectivity index (χ1v) is 6.17. The van der Waals surface area contributed by atoms with Crippen molar-refractivity contribution in [2.24, 2.45) is 5.92 Å². The number of amides is 1. The van der Waals surface area contributed by atoms with Gasteiger partial charge in [0.25, 0.3) is 0 Å². The highest BCUT2D eigenvalue weighted by Crippen LogP contribution is 2.20. The zero-order valence-electron chi connectivity index (χ0n) is 10.5. The Morgan fingerprint density at radius 1 is 1.47 bits per heavy atom. The van der Waals surface area contributed by atoms with Gasteiger partial charge in [0.05, 0.1) is 5.92 Å². The maximum atomic E-state index is 11.9. The molecule has 0 radical (unpaired) electrons. The summed E-state index contributed by atoms with van der Waals surface area (Å²) >= 11 is 6.01. The Morgan fingerprint density at radius 2 is 2.18 bits per heavy atom. The van der Waals surface area contributed by atoms with E-state index >= 15 is 0 Å². The van der Waals surface area contributed by atoms with Gasteiger partial charge in [-0.1, -0.05) is 24.6 Å². The second-order valence-corrected chi connectivity index (χ2v) is 4.52. The number of hydrogen-bond donors (Lipinski definition) is 2. The first-order chi connectivity index (χ1) is 8.08. The van der Waals surface area contributed by atoms with Gasteiger partial charge < -0.3 is 10.6 Å². The van der Waals surface area contributed by atoms with Crippen molar-refractivity contribution in [2.45, 2.75) is 20.3 Å². The minimum atomic E-state index is -0.0138. The van der Waals surface area contributed by atoms with Crippen molar-refractivity contribution >= 4 is 23.2 Å². The molecule has 0 fully saturated rings. The molecule has 0 saturated heterocycles. The fraction of sp³-hybridized carbons (Fsp3) is 0.462. The van der Waals surface area contributed by atoms with Crippen LogP contribution in [0.15, 0.2) is 18.2 Å². The van der Waals surface area contributed by atoms with Gasteiger partial charge in [-0.3, -0.25) is 4.79 Å². The Balaban J connectivity index is 2.69. The monoisotopic (exact) mass is 254 g/mol. The number of benzene rings is 1. The van der Waals surface area contributed by atoms with Gasteiger partial charge in [0.15, 0.2) is 0 Å². The maximum Gasteiger partial charge on any atom is 0.228 e. The maximum absolute atomic E-state index is 11.9. The van der Waals surface area contributed by atoms with E-state index in [1.807, 2.05) is 33.0 Å². The average molecular weight is 255 g/mol. The fourth-order valence-electron chi connectivity index (χ4n) is 1.58. The van der Waals surface area contributed by atoms with E-state index in [1.165, 1.54) is 0 Å². The molecule has 1 amide bonds. The summed E-state index contributed by atoms with van der Waals surface area (Å²) in [4.78, 5) is 11.9. The lowest BCUT2D eigenvalue weighted by molar-refractivity contribution is -0.119. The number of halogens is 1. The highest BCUT2D eigenvalue weighted by molar-refractivity contribution is 6.31. The Labute approximate surface area is 108 Å².